The van der Waals surface area contributed by atoms with Crippen LogP contribution in [0.3, 0.4) is 0 Å². The minimum absolute atomic E-state index is 0.117. The number of amides is 1. The highest BCUT2D eigenvalue weighted by Crippen LogP contribution is 2.26. The zero-order valence-electron chi connectivity index (χ0n) is 13.1. The van der Waals surface area contributed by atoms with Gasteiger partial charge in [0.2, 0.25) is 0 Å². The standard InChI is InChI=1S/C15H18F4N2O2/c1-15(2,3)23-14(22)21-5-4-8(7-21)20-13-11(18)9(16)6-10(17)12(13)19/h6,8,20H,4-5,7H2,1-3H3. The Morgan fingerprint density at radius 3 is 2.30 bits per heavy atom. The Balaban J connectivity index is 2.06. The van der Waals surface area contributed by atoms with E-state index in [2.05, 4.69) is 5.32 Å². The van der Waals surface area contributed by atoms with E-state index in [1.165, 1.54) is 4.90 Å². The van der Waals surface area contributed by atoms with Gasteiger partial charge in [0, 0.05) is 25.2 Å². The Hall–Kier alpha value is -1.99. The van der Waals surface area contributed by atoms with Crippen molar-refractivity contribution in [3.63, 3.8) is 0 Å². The SMILES string of the molecule is CC(C)(C)OC(=O)N1CCC(Nc2c(F)c(F)cc(F)c2F)C1. The van der Waals surface area contributed by atoms with Crippen molar-refractivity contribution in [2.24, 2.45) is 0 Å². The number of benzene rings is 1. The Bertz CT molecular complexity index is 590. The first-order valence-electron chi connectivity index (χ1n) is 7.16. The molecular weight excluding hydrogens is 316 g/mol. The van der Waals surface area contributed by atoms with Crippen molar-refractivity contribution in [3.05, 3.63) is 29.3 Å². The number of halogens is 4. The first kappa shape index (κ1) is 17.4. The summed E-state index contributed by atoms with van der Waals surface area (Å²) >= 11 is 0. The number of carbonyl (C=O) groups excluding carboxylic acids is 1. The highest BCUT2D eigenvalue weighted by molar-refractivity contribution is 5.68. The van der Waals surface area contributed by atoms with Crippen LogP contribution >= 0.6 is 0 Å². The topological polar surface area (TPSA) is 41.6 Å². The zero-order chi connectivity index (χ0) is 17.4. The number of nitrogens with zero attached hydrogens (tertiary/aromatic N) is 1. The van der Waals surface area contributed by atoms with Crippen molar-refractivity contribution in [3.8, 4) is 0 Å². The molecule has 1 unspecified atom stereocenters. The van der Waals surface area contributed by atoms with Crippen LogP contribution in [-0.4, -0.2) is 35.7 Å². The maximum atomic E-state index is 13.6. The lowest BCUT2D eigenvalue weighted by Gasteiger charge is -2.24. The summed E-state index contributed by atoms with van der Waals surface area (Å²) in [7, 11) is 0. The van der Waals surface area contributed by atoms with Gasteiger partial charge in [-0.3, -0.25) is 0 Å². The second kappa shape index (κ2) is 6.25. The molecule has 2 rings (SSSR count). The van der Waals surface area contributed by atoms with Crippen molar-refractivity contribution < 1.29 is 27.1 Å². The average Bonchev–Trinajstić information content (AvgIpc) is 2.88. The number of hydrogen-bond acceptors (Lipinski definition) is 3. The summed E-state index contributed by atoms with van der Waals surface area (Å²) in [4.78, 5) is 13.3. The average molecular weight is 334 g/mol. The fraction of sp³-hybridized carbons (Fsp3) is 0.533. The third-order valence-corrected chi connectivity index (χ3v) is 3.30. The molecule has 0 spiro atoms. The molecule has 1 heterocycles. The summed E-state index contributed by atoms with van der Waals surface area (Å²) in [6.45, 7) is 5.59. The third-order valence-electron chi connectivity index (χ3n) is 3.30. The Labute approximate surface area is 131 Å². The highest BCUT2D eigenvalue weighted by atomic mass is 19.2. The molecule has 1 aromatic carbocycles. The molecule has 0 bridgehead atoms. The Morgan fingerprint density at radius 2 is 1.78 bits per heavy atom. The predicted molar refractivity (Wildman–Crippen MR) is 76.1 cm³/mol. The van der Waals surface area contributed by atoms with E-state index >= 15 is 0 Å². The molecule has 8 heteroatoms. The van der Waals surface area contributed by atoms with Gasteiger partial charge >= 0.3 is 6.09 Å². The van der Waals surface area contributed by atoms with Gasteiger partial charge < -0.3 is 15.0 Å². The first-order valence-corrected chi connectivity index (χ1v) is 7.16. The largest absolute Gasteiger partial charge is 0.444 e. The van der Waals surface area contributed by atoms with Crippen LogP contribution in [0.15, 0.2) is 6.07 Å². The molecule has 1 amide bonds. The Kier molecular flexibility index (Phi) is 4.72. The number of rotatable bonds is 2. The molecule has 1 atom stereocenters. The quantitative estimate of drug-likeness (QED) is 0.663. The lowest BCUT2D eigenvalue weighted by molar-refractivity contribution is 0.0293. The van der Waals surface area contributed by atoms with Crippen LogP contribution in [0.4, 0.5) is 28.0 Å². The minimum Gasteiger partial charge on any atom is -0.444 e. The molecule has 4 nitrogen and oxygen atoms in total. The normalized spacial score (nSPS) is 18.2. The second-order valence-electron chi connectivity index (χ2n) is 6.40. The summed E-state index contributed by atoms with van der Waals surface area (Å²) in [6, 6.07) is -0.384. The molecule has 1 aromatic rings. The maximum Gasteiger partial charge on any atom is 0.410 e. The summed E-state index contributed by atoms with van der Waals surface area (Å²) in [6.07, 6.45) is -0.177. The van der Waals surface area contributed by atoms with Crippen LogP contribution in [0.2, 0.25) is 0 Å². The smallest absolute Gasteiger partial charge is 0.410 e. The van der Waals surface area contributed by atoms with Crippen molar-refractivity contribution in [1.82, 2.24) is 4.90 Å². The van der Waals surface area contributed by atoms with Gasteiger partial charge in [-0.1, -0.05) is 0 Å². The van der Waals surface area contributed by atoms with E-state index in [9.17, 15) is 22.4 Å². The van der Waals surface area contributed by atoms with Gasteiger partial charge in [-0.2, -0.15) is 0 Å². The lowest BCUT2D eigenvalue weighted by Crippen LogP contribution is -2.36. The molecule has 23 heavy (non-hydrogen) atoms. The van der Waals surface area contributed by atoms with E-state index in [0.717, 1.165) is 0 Å². The lowest BCUT2D eigenvalue weighted by atomic mass is 10.2. The van der Waals surface area contributed by atoms with E-state index in [1.807, 2.05) is 0 Å². The number of carbonyl (C=O) groups is 1. The van der Waals surface area contributed by atoms with Crippen molar-refractivity contribution in [2.45, 2.75) is 38.8 Å². The fourth-order valence-corrected chi connectivity index (χ4v) is 2.27. The highest BCUT2D eigenvalue weighted by Gasteiger charge is 2.31. The van der Waals surface area contributed by atoms with E-state index in [1.54, 1.807) is 20.8 Å². The van der Waals surface area contributed by atoms with Crippen LogP contribution < -0.4 is 5.32 Å². The van der Waals surface area contributed by atoms with Crippen molar-refractivity contribution in [2.75, 3.05) is 18.4 Å². The van der Waals surface area contributed by atoms with Gasteiger partial charge in [-0.05, 0) is 27.2 Å². The predicted octanol–water partition coefficient (Wildman–Crippen LogP) is 3.66. The van der Waals surface area contributed by atoms with E-state index in [-0.39, 0.29) is 12.6 Å². The molecule has 1 aliphatic rings. The Morgan fingerprint density at radius 1 is 1.22 bits per heavy atom. The van der Waals surface area contributed by atoms with E-state index in [0.29, 0.717) is 13.0 Å². The van der Waals surface area contributed by atoms with Crippen molar-refractivity contribution in [1.29, 1.82) is 0 Å². The molecule has 1 fully saturated rings. The molecule has 0 radical (unpaired) electrons. The minimum atomic E-state index is -1.49. The molecular formula is C15H18F4N2O2. The van der Waals surface area contributed by atoms with Crippen LogP contribution in [-0.2, 0) is 4.74 Å². The molecule has 0 aliphatic carbocycles. The van der Waals surface area contributed by atoms with Crippen LogP contribution in [0.25, 0.3) is 0 Å². The van der Waals surface area contributed by atoms with Crippen molar-refractivity contribution >= 4 is 11.8 Å². The number of likely N-dealkylation sites (tertiary alicyclic amines) is 1. The van der Waals surface area contributed by atoms with Crippen LogP contribution in [0.1, 0.15) is 27.2 Å². The van der Waals surface area contributed by atoms with Gasteiger partial charge in [-0.15, -0.1) is 0 Å². The van der Waals surface area contributed by atoms with Crippen LogP contribution in [0.5, 0.6) is 0 Å². The van der Waals surface area contributed by atoms with Gasteiger partial charge in [0.25, 0.3) is 0 Å². The van der Waals surface area contributed by atoms with Gasteiger partial charge in [0.05, 0.1) is 0 Å². The monoisotopic (exact) mass is 334 g/mol. The molecule has 1 N–H and O–H groups in total. The van der Waals surface area contributed by atoms with Gasteiger partial charge in [0.15, 0.2) is 23.3 Å². The summed E-state index contributed by atoms with van der Waals surface area (Å²) in [5, 5.41) is 2.43. The van der Waals surface area contributed by atoms with Crippen LogP contribution in [0, 0.1) is 23.3 Å². The summed E-state index contributed by atoms with van der Waals surface area (Å²) in [5.74, 6) is -5.93. The maximum absolute atomic E-state index is 13.6. The van der Waals surface area contributed by atoms with Gasteiger partial charge in [-0.25, -0.2) is 22.4 Å². The molecule has 1 saturated heterocycles. The number of hydrogen-bond donors (Lipinski definition) is 1. The van der Waals surface area contributed by atoms with E-state index in [4.69, 9.17) is 4.74 Å². The van der Waals surface area contributed by atoms with E-state index < -0.39 is 46.7 Å². The number of anilines is 1. The third kappa shape index (κ3) is 4.05. The van der Waals surface area contributed by atoms with Gasteiger partial charge in [0.1, 0.15) is 11.3 Å². The first-order chi connectivity index (χ1) is 10.6. The number of nitrogens with one attached hydrogen (secondary N) is 1. The fourth-order valence-electron chi connectivity index (χ4n) is 2.27. The summed E-state index contributed by atoms with van der Waals surface area (Å²) < 4.78 is 58.8. The molecule has 1 aliphatic heterocycles. The molecule has 0 saturated carbocycles. The second-order valence-corrected chi connectivity index (χ2v) is 6.40. The molecule has 128 valence electrons. The summed E-state index contributed by atoms with van der Waals surface area (Å²) in [5.41, 5.74) is -1.52. The zero-order valence-corrected chi connectivity index (χ0v) is 13.1. The molecule has 0 aromatic heterocycles. The number of ether oxygens (including phenoxy) is 1.